The zero-order valence-corrected chi connectivity index (χ0v) is 28.6. The minimum atomic E-state index is 0.590. The van der Waals surface area contributed by atoms with Crippen LogP contribution >= 0.6 is 0 Å². The molecule has 250 valence electrons. The number of allylic oxidation sites excluding steroid dienone is 1. The molecule has 0 N–H and O–H groups in total. The van der Waals surface area contributed by atoms with Crippen LogP contribution in [0.4, 0.5) is 0 Å². The van der Waals surface area contributed by atoms with Gasteiger partial charge in [-0.05, 0) is 35.4 Å². The Bertz CT molecular complexity index is 2850. The molecule has 53 heavy (non-hydrogen) atoms. The van der Waals surface area contributed by atoms with Gasteiger partial charge in [0.25, 0.3) is 0 Å². The van der Waals surface area contributed by atoms with Gasteiger partial charge in [0.05, 0.1) is 11.0 Å². The summed E-state index contributed by atoms with van der Waals surface area (Å²) in [7, 11) is 0. The van der Waals surface area contributed by atoms with Crippen LogP contribution in [0.5, 0.6) is 0 Å². The Labute approximate surface area is 305 Å². The molecule has 0 saturated carbocycles. The molecule has 0 radical (unpaired) electrons. The fourth-order valence-electron chi connectivity index (χ4n) is 6.70. The monoisotopic (exact) mass is 681 g/mol. The van der Waals surface area contributed by atoms with Crippen LogP contribution in [0.2, 0.25) is 0 Å². The summed E-state index contributed by atoms with van der Waals surface area (Å²) in [6.07, 6.45) is 3.66. The van der Waals surface area contributed by atoms with E-state index in [2.05, 4.69) is 49.6 Å². The van der Waals surface area contributed by atoms with E-state index in [1.165, 1.54) is 0 Å². The van der Waals surface area contributed by atoms with Gasteiger partial charge in [0, 0.05) is 43.8 Å². The average molecular weight is 682 g/mol. The van der Waals surface area contributed by atoms with Crippen LogP contribution in [0.15, 0.2) is 169 Å². The first-order valence-electron chi connectivity index (χ1n) is 17.3. The van der Waals surface area contributed by atoms with E-state index in [1.807, 2.05) is 121 Å². The second-order valence-electron chi connectivity index (χ2n) is 12.6. The maximum atomic E-state index is 6.41. The Hall–Kier alpha value is -7.31. The Balaban J connectivity index is 1.16. The molecule has 0 amide bonds. The Morgan fingerprint density at radius 1 is 0.453 bits per heavy atom. The van der Waals surface area contributed by atoms with Gasteiger partial charge in [0.15, 0.2) is 23.3 Å². The molecule has 0 spiro atoms. The number of hydrogen-bond donors (Lipinski definition) is 0. The Morgan fingerprint density at radius 2 is 0.981 bits per heavy atom. The smallest absolute Gasteiger partial charge is 0.164 e. The van der Waals surface area contributed by atoms with Crippen LogP contribution in [0, 0.1) is 0 Å². The van der Waals surface area contributed by atoms with E-state index < -0.39 is 0 Å². The number of aromatic nitrogens is 5. The van der Waals surface area contributed by atoms with Crippen molar-refractivity contribution in [2.75, 3.05) is 0 Å². The molecule has 6 aromatic carbocycles. The zero-order valence-electron chi connectivity index (χ0n) is 28.6. The molecule has 0 atom stereocenters. The lowest BCUT2D eigenvalue weighted by Crippen LogP contribution is -2.30. The van der Waals surface area contributed by atoms with E-state index in [4.69, 9.17) is 29.3 Å². The van der Waals surface area contributed by atoms with Crippen LogP contribution in [0.25, 0.3) is 103 Å². The van der Waals surface area contributed by atoms with Crippen molar-refractivity contribution in [3.05, 3.63) is 175 Å². The first kappa shape index (κ1) is 31.7. The average Bonchev–Trinajstić information content (AvgIpc) is 3.61. The summed E-state index contributed by atoms with van der Waals surface area (Å²) in [5.41, 5.74) is 9.10. The molecule has 0 unspecified atom stereocenters. The highest BCUT2D eigenvalue weighted by Gasteiger charge is 2.17. The summed E-state index contributed by atoms with van der Waals surface area (Å²) >= 11 is 0. The van der Waals surface area contributed by atoms with Crippen LogP contribution in [-0.4, -0.2) is 24.9 Å². The van der Waals surface area contributed by atoms with Crippen molar-refractivity contribution in [2.24, 2.45) is 0 Å². The predicted molar refractivity (Wildman–Crippen MR) is 215 cm³/mol. The van der Waals surface area contributed by atoms with Crippen molar-refractivity contribution in [1.29, 1.82) is 0 Å². The highest BCUT2D eigenvalue weighted by Crippen LogP contribution is 2.39. The van der Waals surface area contributed by atoms with Crippen molar-refractivity contribution in [3.8, 4) is 67.9 Å². The van der Waals surface area contributed by atoms with Gasteiger partial charge in [-0.25, -0.2) is 24.9 Å². The molecule has 9 rings (SSSR count). The van der Waals surface area contributed by atoms with Crippen LogP contribution in [0.1, 0.15) is 0 Å². The molecule has 6 nitrogen and oxygen atoms in total. The van der Waals surface area contributed by atoms with Crippen molar-refractivity contribution in [2.45, 2.75) is 0 Å². The Morgan fingerprint density at radius 3 is 1.57 bits per heavy atom. The van der Waals surface area contributed by atoms with E-state index in [0.717, 1.165) is 71.8 Å². The standard InChI is InChI=1S/C47H31N5O/c1-3-14-37-30(2)48-44(33-15-7-4-8-16-33)49-43(37)32-25-23-31(24-26-32)38-21-13-22-41-42(38)39-29-36(27-28-40(39)53-41)47-51-45(34-17-9-5-10-18-34)50-46(52-47)35-19-11-6-12-20-35/h3-29H,1-2H2/b37-14+. The van der Waals surface area contributed by atoms with Gasteiger partial charge >= 0.3 is 0 Å². The second-order valence-corrected chi connectivity index (χ2v) is 12.6. The third-order valence-electron chi connectivity index (χ3n) is 9.26. The van der Waals surface area contributed by atoms with Gasteiger partial charge in [-0.15, -0.1) is 0 Å². The number of benzene rings is 6. The number of rotatable bonds is 7. The summed E-state index contributed by atoms with van der Waals surface area (Å²) < 4.78 is 6.41. The maximum absolute atomic E-state index is 6.41. The third-order valence-corrected chi connectivity index (χ3v) is 9.26. The van der Waals surface area contributed by atoms with Crippen LogP contribution in [-0.2, 0) is 0 Å². The van der Waals surface area contributed by atoms with Gasteiger partial charge in [-0.1, -0.05) is 153 Å². The predicted octanol–water partition coefficient (Wildman–Crippen LogP) is 9.94. The lowest BCUT2D eigenvalue weighted by molar-refractivity contribution is 0.669. The summed E-state index contributed by atoms with van der Waals surface area (Å²) in [5, 5.41) is 3.49. The summed E-state index contributed by atoms with van der Waals surface area (Å²) in [4.78, 5) is 24.5. The van der Waals surface area contributed by atoms with E-state index in [1.54, 1.807) is 6.08 Å². The highest BCUT2D eigenvalue weighted by molar-refractivity contribution is 6.13. The number of nitrogens with zero attached hydrogens (tertiary/aromatic N) is 5. The summed E-state index contributed by atoms with van der Waals surface area (Å²) in [5.74, 6) is 2.46. The van der Waals surface area contributed by atoms with Crippen LogP contribution < -0.4 is 10.6 Å². The second kappa shape index (κ2) is 13.4. The quantitative estimate of drug-likeness (QED) is 0.167. The van der Waals surface area contributed by atoms with Gasteiger partial charge in [0.2, 0.25) is 0 Å². The zero-order chi connectivity index (χ0) is 35.7. The molecule has 0 bridgehead atoms. The lowest BCUT2D eigenvalue weighted by Gasteiger charge is -2.09. The summed E-state index contributed by atoms with van der Waals surface area (Å²) in [6.45, 7) is 8.17. The molecule has 9 aromatic rings. The molecular weight excluding hydrogens is 651 g/mol. The maximum Gasteiger partial charge on any atom is 0.164 e. The van der Waals surface area contributed by atoms with Crippen molar-refractivity contribution in [1.82, 2.24) is 24.9 Å². The van der Waals surface area contributed by atoms with Crippen molar-refractivity contribution >= 4 is 34.6 Å². The fourth-order valence-corrected chi connectivity index (χ4v) is 6.70. The fraction of sp³-hybridized carbons (Fsp3) is 0. The first-order chi connectivity index (χ1) is 26.1. The van der Waals surface area contributed by atoms with Gasteiger partial charge in [-0.2, -0.15) is 0 Å². The molecule has 0 aliphatic carbocycles. The van der Waals surface area contributed by atoms with E-state index in [0.29, 0.717) is 28.6 Å². The molecule has 6 heteroatoms. The Kier molecular flexibility index (Phi) is 8.02. The van der Waals surface area contributed by atoms with Crippen LogP contribution in [0.3, 0.4) is 0 Å². The van der Waals surface area contributed by atoms with E-state index >= 15 is 0 Å². The van der Waals surface area contributed by atoms with Gasteiger partial charge < -0.3 is 4.42 Å². The van der Waals surface area contributed by atoms with Gasteiger partial charge in [0.1, 0.15) is 11.2 Å². The van der Waals surface area contributed by atoms with Crippen molar-refractivity contribution in [3.63, 3.8) is 0 Å². The number of furan rings is 1. The largest absolute Gasteiger partial charge is 0.456 e. The number of fused-ring (bicyclic) bond motifs is 3. The minimum Gasteiger partial charge on any atom is -0.456 e. The molecule has 0 fully saturated rings. The third kappa shape index (κ3) is 5.98. The normalized spacial score (nSPS) is 11.7. The first-order valence-corrected chi connectivity index (χ1v) is 17.3. The minimum absolute atomic E-state index is 0.590. The SMILES string of the molecule is C=C/C=c1/c(-c2ccc(-c3cccc4oc5ccc(-c6nc(-c7ccccc7)nc(-c7ccccc7)n6)cc5c34)cc2)nc(-c2ccccc2)nc1=C. The molecule has 3 aromatic heterocycles. The lowest BCUT2D eigenvalue weighted by atomic mass is 9.97. The molecule has 0 aliphatic heterocycles. The molecule has 0 saturated heterocycles. The van der Waals surface area contributed by atoms with Gasteiger partial charge in [-0.3, -0.25) is 0 Å². The highest BCUT2D eigenvalue weighted by atomic mass is 16.3. The topological polar surface area (TPSA) is 77.6 Å². The molecular formula is C47H31N5O. The van der Waals surface area contributed by atoms with E-state index in [-0.39, 0.29) is 0 Å². The van der Waals surface area contributed by atoms with E-state index in [9.17, 15) is 0 Å². The number of hydrogen-bond acceptors (Lipinski definition) is 6. The molecule has 3 heterocycles. The summed E-state index contributed by atoms with van der Waals surface area (Å²) in [6, 6.07) is 50.7. The molecule has 0 aliphatic rings. The van der Waals surface area contributed by atoms with Crippen molar-refractivity contribution < 1.29 is 4.42 Å².